The van der Waals surface area contributed by atoms with Crippen LogP contribution in [0.1, 0.15) is 18.4 Å². The second kappa shape index (κ2) is 6.26. The lowest BCUT2D eigenvalue weighted by Crippen LogP contribution is -2.44. The minimum absolute atomic E-state index is 0.217. The maximum absolute atomic E-state index is 9.80. The number of benzene rings is 1. The highest BCUT2D eigenvalue weighted by Crippen LogP contribution is 2.27. The van der Waals surface area contributed by atoms with Gasteiger partial charge in [0.25, 0.3) is 0 Å². The number of aromatic hydroxyl groups is 1. The molecule has 0 aliphatic carbocycles. The van der Waals surface area contributed by atoms with Crippen molar-refractivity contribution < 1.29 is 9.84 Å². The lowest BCUT2D eigenvalue weighted by molar-refractivity contribution is 0.129. The van der Waals surface area contributed by atoms with Gasteiger partial charge >= 0.3 is 0 Å². The van der Waals surface area contributed by atoms with Gasteiger partial charge in [-0.15, -0.1) is 0 Å². The van der Waals surface area contributed by atoms with E-state index in [1.807, 2.05) is 12.1 Å². The highest BCUT2D eigenvalue weighted by molar-refractivity contribution is 5.41. The first-order valence-corrected chi connectivity index (χ1v) is 6.85. The van der Waals surface area contributed by atoms with Crippen molar-refractivity contribution in [1.29, 1.82) is 0 Å². The van der Waals surface area contributed by atoms with Gasteiger partial charge in [0.2, 0.25) is 0 Å². The van der Waals surface area contributed by atoms with Crippen molar-refractivity contribution in [1.82, 2.24) is 9.80 Å². The van der Waals surface area contributed by atoms with Gasteiger partial charge in [0, 0.05) is 19.1 Å². The van der Waals surface area contributed by atoms with Crippen LogP contribution in [0.3, 0.4) is 0 Å². The number of hydrogen-bond donors (Lipinski definition) is 1. The highest BCUT2D eigenvalue weighted by atomic mass is 16.5. The molecule has 0 spiro atoms. The lowest BCUT2D eigenvalue weighted by Gasteiger charge is -2.35. The highest BCUT2D eigenvalue weighted by Gasteiger charge is 2.21. The van der Waals surface area contributed by atoms with Crippen molar-refractivity contribution in [3.05, 3.63) is 23.8 Å². The first kappa shape index (κ1) is 14.2. The Bertz CT molecular complexity index is 423. The summed E-state index contributed by atoms with van der Waals surface area (Å²) < 4.78 is 5.07. The fourth-order valence-electron chi connectivity index (χ4n) is 2.75. The molecule has 1 N–H and O–H groups in total. The predicted molar refractivity (Wildman–Crippen MR) is 76.6 cm³/mol. The summed E-state index contributed by atoms with van der Waals surface area (Å²) in [4.78, 5) is 4.76. The zero-order chi connectivity index (χ0) is 13.8. The summed E-state index contributed by atoms with van der Waals surface area (Å²) in [6.45, 7) is 3.18. The average molecular weight is 264 g/mol. The topological polar surface area (TPSA) is 35.9 Å². The minimum Gasteiger partial charge on any atom is -0.504 e. The molecular weight excluding hydrogens is 240 g/mol. The van der Waals surface area contributed by atoms with Gasteiger partial charge in [-0.25, -0.2) is 0 Å². The van der Waals surface area contributed by atoms with Crippen LogP contribution >= 0.6 is 0 Å². The molecule has 0 aromatic heterocycles. The van der Waals surface area contributed by atoms with Crippen molar-refractivity contribution >= 4 is 0 Å². The molecule has 1 aromatic carbocycles. The zero-order valence-corrected chi connectivity index (χ0v) is 12.1. The normalized spacial score (nSPS) is 20.7. The van der Waals surface area contributed by atoms with E-state index >= 15 is 0 Å². The van der Waals surface area contributed by atoms with Crippen LogP contribution in [-0.2, 0) is 6.54 Å². The van der Waals surface area contributed by atoms with Crippen LogP contribution in [-0.4, -0.2) is 55.2 Å². The molecule has 19 heavy (non-hydrogen) atoms. The number of nitrogens with zero attached hydrogens (tertiary/aromatic N) is 2. The van der Waals surface area contributed by atoms with Crippen molar-refractivity contribution in [3.63, 3.8) is 0 Å². The molecule has 0 amide bonds. The Kier molecular flexibility index (Phi) is 4.66. The SMILES string of the molecule is COc1ccc(CN(C)C2CCCN(C)C2)cc1O. The molecule has 1 unspecified atom stereocenters. The van der Waals surface area contributed by atoms with Gasteiger partial charge < -0.3 is 14.7 Å². The van der Waals surface area contributed by atoms with E-state index < -0.39 is 0 Å². The van der Waals surface area contributed by atoms with Crippen LogP contribution in [0.2, 0.25) is 0 Å². The monoisotopic (exact) mass is 264 g/mol. The van der Waals surface area contributed by atoms with Gasteiger partial charge in [0.1, 0.15) is 0 Å². The number of phenols is 1. The third-order valence-electron chi connectivity index (χ3n) is 3.90. The van der Waals surface area contributed by atoms with Gasteiger partial charge in [-0.05, 0) is 51.2 Å². The third-order valence-corrected chi connectivity index (χ3v) is 3.90. The number of phenolic OH excluding ortho intramolecular Hbond substituents is 1. The van der Waals surface area contributed by atoms with Crippen molar-refractivity contribution in [2.45, 2.75) is 25.4 Å². The molecule has 1 saturated heterocycles. The quantitative estimate of drug-likeness (QED) is 0.901. The van der Waals surface area contributed by atoms with E-state index in [-0.39, 0.29) is 5.75 Å². The average Bonchev–Trinajstić information content (AvgIpc) is 2.39. The molecular formula is C15H24N2O2. The molecule has 1 atom stereocenters. The molecule has 0 radical (unpaired) electrons. The van der Waals surface area contributed by atoms with E-state index in [0.717, 1.165) is 18.7 Å². The zero-order valence-electron chi connectivity index (χ0n) is 12.1. The first-order valence-electron chi connectivity index (χ1n) is 6.85. The fraction of sp³-hybridized carbons (Fsp3) is 0.600. The van der Waals surface area contributed by atoms with E-state index in [2.05, 4.69) is 23.9 Å². The van der Waals surface area contributed by atoms with Crippen LogP contribution in [0.4, 0.5) is 0 Å². The largest absolute Gasteiger partial charge is 0.504 e. The Hall–Kier alpha value is -1.26. The Morgan fingerprint density at radius 3 is 2.89 bits per heavy atom. The molecule has 2 rings (SSSR count). The van der Waals surface area contributed by atoms with E-state index in [1.165, 1.54) is 19.4 Å². The number of methoxy groups -OCH3 is 1. The maximum Gasteiger partial charge on any atom is 0.160 e. The molecule has 0 saturated carbocycles. The number of likely N-dealkylation sites (N-methyl/N-ethyl adjacent to an activating group) is 2. The number of piperidine rings is 1. The standard InChI is InChI=1S/C15H24N2O2/c1-16-8-4-5-13(11-16)17(2)10-12-6-7-15(19-3)14(18)9-12/h6-7,9,13,18H,4-5,8,10-11H2,1-3H3. The van der Waals surface area contributed by atoms with Crippen LogP contribution in [0.5, 0.6) is 11.5 Å². The Balaban J connectivity index is 1.98. The molecule has 1 aliphatic rings. The summed E-state index contributed by atoms with van der Waals surface area (Å²) >= 11 is 0. The summed E-state index contributed by atoms with van der Waals surface area (Å²) in [5.74, 6) is 0.748. The Morgan fingerprint density at radius 1 is 1.47 bits per heavy atom. The molecule has 4 heteroatoms. The van der Waals surface area contributed by atoms with Crippen LogP contribution in [0, 0.1) is 0 Å². The summed E-state index contributed by atoms with van der Waals surface area (Å²) in [7, 11) is 5.91. The van der Waals surface area contributed by atoms with Crippen LogP contribution in [0.25, 0.3) is 0 Å². The molecule has 1 heterocycles. The van der Waals surface area contributed by atoms with Crippen molar-refractivity contribution in [2.75, 3.05) is 34.3 Å². The molecule has 0 bridgehead atoms. The van der Waals surface area contributed by atoms with Crippen LogP contribution < -0.4 is 4.74 Å². The number of ether oxygens (including phenoxy) is 1. The second-order valence-electron chi connectivity index (χ2n) is 5.48. The van der Waals surface area contributed by atoms with E-state index in [4.69, 9.17) is 4.74 Å². The first-order chi connectivity index (χ1) is 9.10. The molecule has 1 fully saturated rings. The van der Waals surface area contributed by atoms with Gasteiger partial charge in [0.15, 0.2) is 11.5 Å². The van der Waals surface area contributed by atoms with Gasteiger partial charge in [0.05, 0.1) is 7.11 Å². The third kappa shape index (κ3) is 3.61. The summed E-state index contributed by atoms with van der Waals surface area (Å²) in [5.41, 5.74) is 1.12. The summed E-state index contributed by atoms with van der Waals surface area (Å²) in [5, 5.41) is 9.80. The minimum atomic E-state index is 0.217. The molecule has 1 aromatic rings. The van der Waals surface area contributed by atoms with Gasteiger partial charge in [-0.2, -0.15) is 0 Å². The van der Waals surface area contributed by atoms with Gasteiger partial charge in [-0.3, -0.25) is 4.90 Å². The van der Waals surface area contributed by atoms with E-state index in [0.29, 0.717) is 11.8 Å². The maximum atomic E-state index is 9.80. The molecule has 1 aliphatic heterocycles. The number of likely N-dealkylation sites (tertiary alicyclic amines) is 1. The lowest BCUT2D eigenvalue weighted by atomic mass is 10.0. The number of hydrogen-bond acceptors (Lipinski definition) is 4. The Labute approximate surface area is 115 Å². The van der Waals surface area contributed by atoms with Crippen molar-refractivity contribution in [3.8, 4) is 11.5 Å². The van der Waals surface area contributed by atoms with Gasteiger partial charge in [-0.1, -0.05) is 6.07 Å². The number of rotatable bonds is 4. The predicted octanol–water partition coefficient (Wildman–Crippen LogP) is 1.93. The summed E-state index contributed by atoms with van der Waals surface area (Å²) in [6, 6.07) is 6.23. The van der Waals surface area contributed by atoms with E-state index in [1.54, 1.807) is 13.2 Å². The Morgan fingerprint density at radius 2 is 2.26 bits per heavy atom. The van der Waals surface area contributed by atoms with Crippen molar-refractivity contribution in [2.24, 2.45) is 0 Å². The molecule has 106 valence electrons. The van der Waals surface area contributed by atoms with E-state index in [9.17, 15) is 5.11 Å². The smallest absolute Gasteiger partial charge is 0.160 e. The van der Waals surface area contributed by atoms with Crippen LogP contribution in [0.15, 0.2) is 18.2 Å². The second-order valence-corrected chi connectivity index (χ2v) is 5.48. The fourth-order valence-corrected chi connectivity index (χ4v) is 2.75. The molecule has 4 nitrogen and oxygen atoms in total. The summed E-state index contributed by atoms with van der Waals surface area (Å²) in [6.07, 6.45) is 2.52.